The van der Waals surface area contributed by atoms with Crippen LogP contribution >= 0.6 is 11.3 Å². The highest BCUT2D eigenvalue weighted by Gasteiger charge is 2.18. The monoisotopic (exact) mass is 348 g/mol. The highest BCUT2D eigenvalue weighted by molar-refractivity contribution is 7.09. The number of rotatable bonds is 8. The Morgan fingerprint density at radius 2 is 1.96 bits per heavy atom. The van der Waals surface area contributed by atoms with Crippen LogP contribution in [-0.4, -0.2) is 49.1 Å². The van der Waals surface area contributed by atoms with Gasteiger partial charge in [0.15, 0.2) is 5.69 Å². The maximum atomic E-state index is 12.7. The number of carbonyl (C=O) groups excluding carboxylic acids is 2. The normalized spacial score (nSPS) is 10.4. The van der Waals surface area contributed by atoms with E-state index < -0.39 is 5.97 Å². The van der Waals surface area contributed by atoms with E-state index in [1.807, 2.05) is 18.2 Å². The van der Waals surface area contributed by atoms with Crippen molar-refractivity contribution < 1.29 is 19.1 Å². The molecule has 0 aliphatic carbocycles. The van der Waals surface area contributed by atoms with E-state index in [9.17, 15) is 9.59 Å². The summed E-state index contributed by atoms with van der Waals surface area (Å²) in [5.74, 6) is -0.542. The minimum absolute atomic E-state index is 0.0680. The third-order valence-corrected chi connectivity index (χ3v) is 4.19. The average molecular weight is 348 g/mol. The summed E-state index contributed by atoms with van der Waals surface area (Å²) in [6, 6.07) is 9.11. The molecule has 1 heterocycles. The Bertz CT molecular complexity index is 672. The molecule has 1 amide bonds. The van der Waals surface area contributed by atoms with Gasteiger partial charge in [0.25, 0.3) is 5.91 Å². The van der Waals surface area contributed by atoms with Crippen LogP contribution in [-0.2, 0) is 16.0 Å². The molecule has 2 aromatic rings. The molecule has 128 valence electrons. The van der Waals surface area contributed by atoms with E-state index in [-0.39, 0.29) is 11.6 Å². The molecule has 0 radical (unpaired) electrons. The number of benzene rings is 1. The molecule has 0 atom stereocenters. The first-order chi connectivity index (χ1) is 11.7. The number of esters is 1. The van der Waals surface area contributed by atoms with E-state index in [1.54, 1.807) is 29.5 Å². The highest BCUT2D eigenvalue weighted by atomic mass is 32.1. The summed E-state index contributed by atoms with van der Waals surface area (Å²) in [5, 5.41) is 2.33. The van der Waals surface area contributed by atoms with Crippen LogP contribution in [0, 0.1) is 0 Å². The summed E-state index contributed by atoms with van der Waals surface area (Å²) in [6.45, 7) is 1.47. The summed E-state index contributed by atoms with van der Waals surface area (Å²) in [6.07, 6.45) is 0.726. The predicted molar refractivity (Wildman–Crippen MR) is 91.1 cm³/mol. The number of hydrogen-bond acceptors (Lipinski definition) is 6. The van der Waals surface area contributed by atoms with Crippen molar-refractivity contribution in [1.82, 2.24) is 9.88 Å². The first-order valence-corrected chi connectivity index (χ1v) is 8.39. The van der Waals surface area contributed by atoms with E-state index in [1.165, 1.54) is 18.4 Å². The van der Waals surface area contributed by atoms with E-state index in [0.717, 1.165) is 6.42 Å². The molecule has 0 fully saturated rings. The minimum Gasteiger partial charge on any atom is -0.464 e. The molecule has 2 rings (SSSR count). The van der Waals surface area contributed by atoms with Crippen molar-refractivity contribution in [2.75, 3.05) is 27.4 Å². The minimum atomic E-state index is -0.474. The summed E-state index contributed by atoms with van der Waals surface area (Å²) in [7, 11) is 2.95. The molecular formula is C17H20N2O4S. The number of carbonyl (C=O) groups is 2. The molecule has 0 bridgehead atoms. The molecular weight excluding hydrogens is 328 g/mol. The molecule has 0 aliphatic rings. The Morgan fingerprint density at radius 1 is 1.21 bits per heavy atom. The molecule has 1 aromatic heterocycles. The van der Waals surface area contributed by atoms with Gasteiger partial charge in [-0.2, -0.15) is 0 Å². The zero-order valence-electron chi connectivity index (χ0n) is 13.7. The Balaban J connectivity index is 2.12. The maximum Gasteiger partial charge on any atom is 0.357 e. The van der Waals surface area contributed by atoms with E-state index in [4.69, 9.17) is 4.74 Å². The van der Waals surface area contributed by atoms with Crippen LogP contribution in [0.25, 0.3) is 0 Å². The Labute approximate surface area is 145 Å². The first kappa shape index (κ1) is 18.1. The third kappa shape index (κ3) is 4.87. The van der Waals surface area contributed by atoms with Gasteiger partial charge in [-0.15, -0.1) is 11.3 Å². The summed E-state index contributed by atoms with van der Waals surface area (Å²) >= 11 is 1.34. The molecule has 6 nitrogen and oxygen atoms in total. The van der Waals surface area contributed by atoms with Crippen molar-refractivity contribution in [3.05, 3.63) is 52.0 Å². The molecule has 0 N–H and O–H groups in total. The Hall–Kier alpha value is -2.25. The summed E-state index contributed by atoms with van der Waals surface area (Å²) < 4.78 is 9.72. The molecule has 24 heavy (non-hydrogen) atoms. The molecule has 0 unspecified atom stereocenters. The van der Waals surface area contributed by atoms with Crippen molar-refractivity contribution in [3.8, 4) is 0 Å². The first-order valence-electron chi connectivity index (χ1n) is 7.51. The lowest BCUT2D eigenvalue weighted by Gasteiger charge is -2.21. The number of amides is 1. The lowest BCUT2D eigenvalue weighted by atomic mass is 10.2. The van der Waals surface area contributed by atoms with E-state index in [2.05, 4.69) is 9.72 Å². The topological polar surface area (TPSA) is 68.7 Å². The lowest BCUT2D eigenvalue weighted by molar-refractivity contribution is 0.0594. The zero-order chi connectivity index (χ0) is 17.4. The van der Waals surface area contributed by atoms with Crippen molar-refractivity contribution in [2.45, 2.75) is 13.0 Å². The van der Waals surface area contributed by atoms with Gasteiger partial charge in [0.2, 0.25) is 0 Å². The average Bonchev–Trinajstić information content (AvgIpc) is 3.09. The molecule has 0 spiro atoms. The third-order valence-electron chi connectivity index (χ3n) is 3.36. The number of ether oxygens (including phenoxy) is 2. The molecule has 0 saturated heterocycles. The standard InChI is InChI=1S/C17H20N2O4S/c1-22-10-6-9-19(16(20)13-7-4-3-5-8-13)11-15-18-14(12-24-15)17(21)23-2/h3-5,7-8,12H,6,9-11H2,1-2H3. The Kier molecular flexibility index (Phi) is 6.89. The molecule has 0 aliphatic heterocycles. The number of nitrogens with zero attached hydrogens (tertiary/aromatic N) is 2. The predicted octanol–water partition coefficient (Wildman–Crippen LogP) is 2.61. The van der Waals surface area contributed by atoms with Crippen LogP contribution < -0.4 is 0 Å². The SMILES string of the molecule is COCCCN(Cc1nc(C(=O)OC)cs1)C(=O)c1ccccc1. The van der Waals surface area contributed by atoms with Crippen LogP contribution in [0.2, 0.25) is 0 Å². The summed E-state index contributed by atoms with van der Waals surface area (Å²) in [4.78, 5) is 30.2. The van der Waals surface area contributed by atoms with Gasteiger partial charge in [-0.05, 0) is 18.6 Å². The second-order valence-electron chi connectivity index (χ2n) is 5.06. The van der Waals surface area contributed by atoms with Gasteiger partial charge in [-0.1, -0.05) is 18.2 Å². The Morgan fingerprint density at radius 3 is 2.62 bits per heavy atom. The van der Waals surface area contributed by atoms with Crippen molar-refractivity contribution in [3.63, 3.8) is 0 Å². The smallest absolute Gasteiger partial charge is 0.357 e. The van der Waals surface area contributed by atoms with Gasteiger partial charge < -0.3 is 14.4 Å². The van der Waals surface area contributed by atoms with Crippen LogP contribution in [0.1, 0.15) is 32.3 Å². The van der Waals surface area contributed by atoms with Crippen molar-refractivity contribution in [1.29, 1.82) is 0 Å². The maximum absolute atomic E-state index is 12.7. The zero-order valence-corrected chi connectivity index (χ0v) is 14.5. The fraction of sp³-hybridized carbons (Fsp3) is 0.353. The second-order valence-corrected chi connectivity index (χ2v) is 6.00. The van der Waals surface area contributed by atoms with Gasteiger partial charge in [0, 0.05) is 31.2 Å². The van der Waals surface area contributed by atoms with Crippen LogP contribution in [0.3, 0.4) is 0 Å². The fourth-order valence-electron chi connectivity index (χ4n) is 2.16. The van der Waals surface area contributed by atoms with Gasteiger partial charge >= 0.3 is 5.97 Å². The highest BCUT2D eigenvalue weighted by Crippen LogP contribution is 2.15. The van der Waals surface area contributed by atoms with Crippen molar-refractivity contribution in [2.24, 2.45) is 0 Å². The molecule has 0 saturated carbocycles. The van der Waals surface area contributed by atoms with Gasteiger partial charge in [0.1, 0.15) is 5.01 Å². The second kappa shape index (κ2) is 9.14. The molecule has 1 aromatic carbocycles. The van der Waals surface area contributed by atoms with Gasteiger partial charge in [-0.3, -0.25) is 4.79 Å². The lowest BCUT2D eigenvalue weighted by Crippen LogP contribution is -2.32. The van der Waals surface area contributed by atoms with Crippen LogP contribution in [0.5, 0.6) is 0 Å². The van der Waals surface area contributed by atoms with Gasteiger partial charge in [0.05, 0.1) is 13.7 Å². The van der Waals surface area contributed by atoms with Gasteiger partial charge in [-0.25, -0.2) is 9.78 Å². The van der Waals surface area contributed by atoms with Crippen molar-refractivity contribution >= 4 is 23.2 Å². The number of hydrogen-bond donors (Lipinski definition) is 0. The number of methoxy groups -OCH3 is 2. The van der Waals surface area contributed by atoms with Crippen LogP contribution in [0.4, 0.5) is 0 Å². The largest absolute Gasteiger partial charge is 0.464 e. The number of thiazole rings is 1. The summed E-state index contributed by atoms with van der Waals surface area (Å²) in [5.41, 5.74) is 0.890. The van der Waals surface area contributed by atoms with E-state index in [0.29, 0.717) is 30.3 Å². The van der Waals surface area contributed by atoms with Crippen LogP contribution in [0.15, 0.2) is 35.7 Å². The molecule has 7 heteroatoms. The fourth-order valence-corrected chi connectivity index (χ4v) is 2.94. The van der Waals surface area contributed by atoms with E-state index >= 15 is 0 Å². The number of aromatic nitrogens is 1. The quantitative estimate of drug-likeness (QED) is 0.542.